The van der Waals surface area contributed by atoms with Gasteiger partial charge in [0.05, 0.1) is 22.7 Å². The van der Waals surface area contributed by atoms with E-state index in [0.717, 1.165) is 21.8 Å². The number of aliphatic hydroxyl groups is 1. The minimum Gasteiger partial charge on any atom is -0.490 e. The van der Waals surface area contributed by atoms with Crippen LogP contribution in [0, 0.1) is 10.1 Å². The van der Waals surface area contributed by atoms with Gasteiger partial charge in [-0.15, -0.1) is 0 Å². The molecule has 2 aromatic heterocycles. The first kappa shape index (κ1) is 22.1. The lowest BCUT2D eigenvalue weighted by Crippen LogP contribution is -2.26. The Kier molecular flexibility index (Phi) is 5.63. The summed E-state index contributed by atoms with van der Waals surface area (Å²) in [6, 6.07) is 20.5. The molecule has 0 saturated carbocycles. The first-order chi connectivity index (χ1) is 16.9. The Balaban J connectivity index is 1.35. The summed E-state index contributed by atoms with van der Waals surface area (Å²) in [7, 11) is 0. The zero-order valence-electron chi connectivity index (χ0n) is 18.3. The lowest BCUT2D eigenvalue weighted by Gasteiger charge is -2.14. The van der Waals surface area contributed by atoms with Gasteiger partial charge in [-0.25, -0.2) is 4.79 Å². The van der Waals surface area contributed by atoms with Gasteiger partial charge in [-0.2, -0.15) is 5.10 Å². The number of hydrogen-bond donors (Lipinski definition) is 3. The second kappa shape index (κ2) is 8.92. The zero-order chi connectivity index (χ0) is 24.5. The fourth-order valence-corrected chi connectivity index (χ4v) is 4.05. The van der Waals surface area contributed by atoms with Crippen LogP contribution in [0.3, 0.4) is 0 Å². The predicted molar refractivity (Wildman–Crippen MR) is 129 cm³/mol. The van der Waals surface area contributed by atoms with E-state index in [1.807, 2.05) is 42.5 Å². The molecule has 176 valence electrons. The number of non-ortho nitro benzene ring substituents is 1. The number of fused-ring (bicyclic) bond motifs is 3. The summed E-state index contributed by atoms with van der Waals surface area (Å²) in [5, 5.41) is 37.3. The number of rotatable bonds is 8. The number of para-hydroxylation sites is 1. The number of benzene rings is 3. The highest BCUT2D eigenvalue weighted by Gasteiger charge is 2.19. The highest BCUT2D eigenvalue weighted by Crippen LogP contribution is 2.33. The molecule has 3 aromatic carbocycles. The fraction of sp³-hybridized carbons (Fsp3) is 0.120. The Morgan fingerprint density at radius 2 is 1.83 bits per heavy atom. The number of ether oxygens (including phenoxy) is 1. The van der Waals surface area contributed by atoms with Crippen molar-refractivity contribution in [1.82, 2.24) is 14.8 Å². The summed E-state index contributed by atoms with van der Waals surface area (Å²) in [5.74, 6) is -0.605. The number of aromatic carboxylic acids is 1. The Morgan fingerprint density at radius 3 is 2.57 bits per heavy atom. The number of aliphatic hydroxyl groups excluding tert-OH is 1. The number of H-pyrrole nitrogens is 1. The maximum Gasteiger partial charge on any atom is 0.354 e. The van der Waals surface area contributed by atoms with E-state index in [2.05, 4.69) is 10.1 Å². The normalized spacial score (nSPS) is 12.1. The molecule has 0 spiro atoms. The fourth-order valence-electron chi connectivity index (χ4n) is 4.05. The SMILES string of the molecule is O=C(O)c1cc(-c2ccc([N+](=O)[O-])cc2)nn1CC(O)COc1cccc2[nH]c3ccccc3c12. The third-order valence-electron chi connectivity index (χ3n) is 5.68. The number of nitrogens with one attached hydrogen (secondary N) is 1. The van der Waals surface area contributed by atoms with E-state index in [1.165, 1.54) is 35.0 Å². The standard InChI is InChI=1S/C25H20N4O6/c30-17(14-35-23-7-3-6-20-24(23)18-4-1-2-5-19(18)26-20)13-28-22(25(31)32)12-21(27-28)15-8-10-16(11-9-15)29(33)34/h1-12,17,26,30H,13-14H2,(H,31,32). The van der Waals surface area contributed by atoms with Crippen molar-refractivity contribution in [3.8, 4) is 17.0 Å². The van der Waals surface area contributed by atoms with E-state index in [4.69, 9.17) is 4.74 Å². The van der Waals surface area contributed by atoms with Gasteiger partial charge in [0.25, 0.3) is 5.69 Å². The number of hydrogen-bond acceptors (Lipinski definition) is 6. The highest BCUT2D eigenvalue weighted by atomic mass is 16.6. The van der Waals surface area contributed by atoms with Gasteiger partial charge in [-0.1, -0.05) is 24.3 Å². The molecule has 5 rings (SSSR count). The molecule has 0 bridgehead atoms. The maximum atomic E-state index is 11.7. The van der Waals surface area contributed by atoms with Crippen molar-refractivity contribution in [1.29, 1.82) is 0 Å². The maximum absolute atomic E-state index is 11.7. The van der Waals surface area contributed by atoms with Crippen LogP contribution < -0.4 is 4.74 Å². The molecular formula is C25H20N4O6. The molecule has 0 aliphatic rings. The van der Waals surface area contributed by atoms with Gasteiger partial charge in [-0.3, -0.25) is 14.8 Å². The number of aromatic amines is 1. The highest BCUT2D eigenvalue weighted by molar-refractivity contribution is 6.10. The summed E-state index contributed by atoms with van der Waals surface area (Å²) < 4.78 is 7.12. The van der Waals surface area contributed by atoms with Crippen LogP contribution >= 0.6 is 0 Å². The number of carboxylic acid groups (broad SMARTS) is 1. The molecule has 2 heterocycles. The molecule has 3 N–H and O–H groups in total. The van der Waals surface area contributed by atoms with Crippen molar-refractivity contribution in [3.05, 3.63) is 88.6 Å². The average Bonchev–Trinajstić information content (AvgIpc) is 3.44. The Hall–Kier alpha value is -4.70. The summed E-state index contributed by atoms with van der Waals surface area (Å²) in [6.07, 6.45) is -1.04. The molecule has 0 aliphatic carbocycles. The van der Waals surface area contributed by atoms with Crippen molar-refractivity contribution in [2.75, 3.05) is 6.61 Å². The van der Waals surface area contributed by atoms with Gasteiger partial charge in [0.1, 0.15) is 24.2 Å². The predicted octanol–water partition coefficient (Wildman–Crippen LogP) is 4.23. The van der Waals surface area contributed by atoms with Gasteiger partial charge in [0.2, 0.25) is 0 Å². The van der Waals surface area contributed by atoms with Crippen LogP contribution in [-0.4, -0.2) is 48.6 Å². The Labute approximate surface area is 198 Å². The summed E-state index contributed by atoms with van der Waals surface area (Å²) in [6.45, 7) is -0.192. The zero-order valence-corrected chi connectivity index (χ0v) is 18.3. The third-order valence-corrected chi connectivity index (χ3v) is 5.68. The second-order valence-corrected chi connectivity index (χ2v) is 8.02. The van der Waals surface area contributed by atoms with Crippen LogP contribution in [0.2, 0.25) is 0 Å². The van der Waals surface area contributed by atoms with E-state index < -0.39 is 17.0 Å². The minimum atomic E-state index is -1.21. The van der Waals surface area contributed by atoms with Crippen molar-refractivity contribution in [3.63, 3.8) is 0 Å². The number of carbonyl (C=O) groups is 1. The summed E-state index contributed by atoms with van der Waals surface area (Å²) in [5.41, 5.74) is 2.54. The Morgan fingerprint density at radius 1 is 1.09 bits per heavy atom. The molecule has 0 amide bonds. The largest absolute Gasteiger partial charge is 0.490 e. The molecule has 1 unspecified atom stereocenters. The van der Waals surface area contributed by atoms with Gasteiger partial charge in [0, 0.05) is 34.0 Å². The van der Waals surface area contributed by atoms with Crippen LogP contribution in [0.4, 0.5) is 5.69 Å². The van der Waals surface area contributed by atoms with Gasteiger partial charge in [0.15, 0.2) is 0 Å². The number of carboxylic acids is 1. The smallest absolute Gasteiger partial charge is 0.354 e. The topological polar surface area (TPSA) is 144 Å². The van der Waals surface area contributed by atoms with E-state index >= 15 is 0 Å². The molecule has 0 aliphatic heterocycles. The van der Waals surface area contributed by atoms with Crippen molar-refractivity contribution in [2.45, 2.75) is 12.6 Å². The molecule has 10 heteroatoms. The van der Waals surface area contributed by atoms with Gasteiger partial charge < -0.3 is 19.9 Å². The summed E-state index contributed by atoms with van der Waals surface area (Å²) in [4.78, 5) is 25.4. The molecule has 5 aromatic rings. The van der Waals surface area contributed by atoms with Gasteiger partial charge >= 0.3 is 5.97 Å². The molecule has 35 heavy (non-hydrogen) atoms. The number of aromatic nitrogens is 3. The van der Waals surface area contributed by atoms with Crippen LogP contribution in [0.15, 0.2) is 72.8 Å². The molecule has 10 nitrogen and oxygen atoms in total. The Bertz CT molecular complexity index is 1550. The van der Waals surface area contributed by atoms with Crippen molar-refractivity contribution < 1.29 is 24.7 Å². The molecule has 0 fully saturated rings. The first-order valence-corrected chi connectivity index (χ1v) is 10.8. The average molecular weight is 472 g/mol. The molecule has 0 radical (unpaired) electrons. The monoisotopic (exact) mass is 472 g/mol. The quantitative estimate of drug-likeness (QED) is 0.226. The van der Waals surface area contributed by atoms with E-state index in [0.29, 0.717) is 17.0 Å². The lowest BCUT2D eigenvalue weighted by atomic mass is 10.1. The lowest BCUT2D eigenvalue weighted by molar-refractivity contribution is -0.384. The van der Waals surface area contributed by atoms with E-state index in [-0.39, 0.29) is 24.5 Å². The third kappa shape index (κ3) is 4.30. The van der Waals surface area contributed by atoms with Gasteiger partial charge in [-0.05, 0) is 36.4 Å². The molecule has 1 atom stereocenters. The number of nitro groups is 1. The second-order valence-electron chi connectivity index (χ2n) is 8.02. The van der Waals surface area contributed by atoms with Crippen LogP contribution in [0.5, 0.6) is 5.75 Å². The van der Waals surface area contributed by atoms with E-state index in [1.54, 1.807) is 0 Å². The van der Waals surface area contributed by atoms with E-state index in [9.17, 15) is 25.1 Å². The van der Waals surface area contributed by atoms with Crippen LogP contribution in [0.1, 0.15) is 10.5 Å². The first-order valence-electron chi connectivity index (χ1n) is 10.8. The van der Waals surface area contributed by atoms with Crippen LogP contribution in [0.25, 0.3) is 33.1 Å². The minimum absolute atomic E-state index is 0.0790. The number of nitrogens with zero attached hydrogens (tertiary/aromatic N) is 3. The van der Waals surface area contributed by atoms with Crippen LogP contribution in [-0.2, 0) is 6.54 Å². The van der Waals surface area contributed by atoms with Crippen molar-refractivity contribution >= 4 is 33.5 Å². The van der Waals surface area contributed by atoms with Crippen molar-refractivity contribution in [2.24, 2.45) is 0 Å². The molecule has 0 saturated heterocycles. The molecular weight excluding hydrogens is 452 g/mol. The number of nitro benzene ring substituents is 1. The summed E-state index contributed by atoms with van der Waals surface area (Å²) >= 11 is 0.